The molecule has 41 heavy (non-hydrogen) atoms. The van der Waals surface area contributed by atoms with E-state index in [0.717, 1.165) is 6.07 Å². The summed E-state index contributed by atoms with van der Waals surface area (Å²) in [6, 6.07) is 16.7. The molecule has 4 aromatic rings. The van der Waals surface area contributed by atoms with Crippen LogP contribution in [-0.2, 0) is 11.3 Å². The second kappa shape index (κ2) is 10.3. The zero-order valence-corrected chi connectivity index (χ0v) is 21.4. The van der Waals surface area contributed by atoms with Gasteiger partial charge in [0.15, 0.2) is 0 Å². The highest BCUT2D eigenvalue weighted by Gasteiger charge is 2.34. The Hall–Kier alpha value is -5.39. The lowest BCUT2D eigenvalue weighted by atomic mass is 10.0. The molecule has 1 aromatic heterocycles. The average Bonchev–Trinajstić information content (AvgIpc) is 3.29. The smallest absolute Gasteiger partial charge is 0.269 e. The number of nitrogens with one attached hydrogen (secondary N) is 2. The monoisotopic (exact) mass is 556 g/mol. The fourth-order valence-electron chi connectivity index (χ4n) is 4.80. The van der Waals surface area contributed by atoms with Crippen molar-refractivity contribution < 1.29 is 27.9 Å². The Balaban J connectivity index is 1.43. The number of hydrogen-bond donors (Lipinski definition) is 3. The van der Waals surface area contributed by atoms with Gasteiger partial charge in [0, 0.05) is 35.2 Å². The largest absolute Gasteiger partial charge is 0.477 e. The molecule has 0 unspecified atom stereocenters. The molecule has 2 aliphatic rings. The molecule has 3 aromatic carbocycles. The summed E-state index contributed by atoms with van der Waals surface area (Å²) >= 11 is 0. The number of nitrogens with two attached hydrogens (primary N) is 1. The van der Waals surface area contributed by atoms with Crippen LogP contribution < -0.4 is 21.1 Å². The van der Waals surface area contributed by atoms with Crippen molar-refractivity contribution in [3.05, 3.63) is 101 Å². The molecule has 2 aliphatic heterocycles. The number of aliphatic imine (C=N–C) groups is 1. The number of rotatable bonds is 5. The van der Waals surface area contributed by atoms with Crippen molar-refractivity contribution in [1.82, 2.24) is 15.1 Å². The fourth-order valence-corrected chi connectivity index (χ4v) is 4.80. The van der Waals surface area contributed by atoms with Crippen molar-refractivity contribution in [3.8, 4) is 17.1 Å². The minimum atomic E-state index is -1.49. The molecule has 0 aliphatic carbocycles. The number of amides is 3. The number of nitrogens with zero attached hydrogens (tertiary/aromatic N) is 3. The van der Waals surface area contributed by atoms with Crippen molar-refractivity contribution in [2.45, 2.75) is 19.1 Å². The molecule has 4 N–H and O–H groups in total. The number of benzene rings is 3. The molecule has 3 heterocycles. The molecule has 0 saturated heterocycles. The molecule has 0 bridgehead atoms. The van der Waals surface area contributed by atoms with E-state index >= 15 is 4.39 Å². The Labute approximate surface area is 231 Å². The number of hydrogen-bond acceptors (Lipinski definition) is 6. The third-order valence-corrected chi connectivity index (χ3v) is 6.73. The maximum absolute atomic E-state index is 15.2. The topological polar surface area (TPSA) is 141 Å². The predicted octanol–water partition coefficient (Wildman–Crippen LogP) is 3.26. The lowest BCUT2D eigenvalue weighted by Crippen LogP contribution is -2.42. The number of halogens is 2. The van der Waals surface area contributed by atoms with Crippen molar-refractivity contribution in [3.63, 3.8) is 0 Å². The number of aromatic nitrogens is 2. The zero-order valence-electron chi connectivity index (χ0n) is 21.4. The molecule has 0 radical (unpaired) electrons. The standard InChI is InChI=1S/C29H22F2N6O4/c30-19-9-4-8-18-22(15-6-2-1-3-7-15)33-26(28(40)34-23(18)19)35-27(39)21-24(36-37-12-5-13-41-29(21)37)17-11-10-16(25(32)38)14-20(17)31/h1-4,6-11,14,26H,5,12-13H2,(H2,32,38)(H,34,40)(H,35,39)/t26-/m1/s1. The van der Waals surface area contributed by atoms with Crippen LogP contribution in [0.3, 0.4) is 0 Å². The van der Waals surface area contributed by atoms with E-state index < -0.39 is 35.5 Å². The van der Waals surface area contributed by atoms with Crippen molar-refractivity contribution in [2.75, 3.05) is 11.9 Å². The maximum Gasteiger partial charge on any atom is 0.269 e. The molecule has 0 fully saturated rings. The first-order chi connectivity index (χ1) is 19.8. The van der Waals surface area contributed by atoms with Crippen LogP contribution in [-0.4, -0.2) is 46.0 Å². The molecule has 3 amide bonds. The van der Waals surface area contributed by atoms with E-state index in [4.69, 9.17) is 10.5 Å². The molecule has 12 heteroatoms. The highest BCUT2D eigenvalue weighted by molar-refractivity contribution is 6.20. The van der Waals surface area contributed by atoms with Crippen molar-refractivity contribution >= 4 is 29.1 Å². The van der Waals surface area contributed by atoms with Gasteiger partial charge in [-0.1, -0.05) is 42.5 Å². The van der Waals surface area contributed by atoms with Crippen molar-refractivity contribution in [1.29, 1.82) is 0 Å². The van der Waals surface area contributed by atoms with E-state index in [1.54, 1.807) is 36.4 Å². The second-order valence-corrected chi connectivity index (χ2v) is 9.38. The number of primary amides is 1. The minimum Gasteiger partial charge on any atom is -0.477 e. The van der Waals surface area contributed by atoms with Gasteiger partial charge in [0.05, 0.1) is 18.0 Å². The summed E-state index contributed by atoms with van der Waals surface area (Å²) in [6.45, 7) is 0.703. The van der Waals surface area contributed by atoms with Gasteiger partial charge in [-0.2, -0.15) is 5.10 Å². The van der Waals surface area contributed by atoms with E-state index in [1.165, 1.54) is 28.9 Å². The summed E-state index contributed by atoms with van der Waals surface area (Å²) in [5, 5.41) is 9.51. The van der Waals surface area contributed by atoms with Gasteiger partial charge in [-0.05, 0) is 24.3 Å². The number of aryl methyl sites for hydroxylation is 1. The lowest BCUT2D eigenvalue weighted by molar-refractivity contribution is -0.117. The van der Waals surface area contributed by atoms with Crippen LogP contribution in [0, 0.1) is 11.6 Å². The summed E-state index contributed by atoms with van der Waals surface area (Å²) in [4.78, 5) is 43.1. The van der Waals surface area contributed by atoms with Crippen molar-refractivity contribution in [2.24, 2.45) is 10.7 Å². The van der Waals surface area contributed by atoms with Gasteiger partial charge in [-0.3, -0.25) is 14.4 Å². The van der Waals surface area contributed by atoms with Gasteiger partial charge < -0.3 is 21.1 Å². The quantitative estimate of drug-likeness (QED) is 0.346. The Morgan fingerprint density at radius 1 is 1.02 bits per heavy atom. The van der Waals surface area contributed by atoms with Gasteiger partial charge >= 0.3 is 0 Å². The second-order valence-electron chi connectivity index (χ2n) is 9.38. The van der Waals surface area contributed by atoms with Gasteiger partial charge in [-0.15, -0.1) is 0 Å². The van der Waals surface area contributed by atoms with E-state index in [1.807, 2.05) is 0 Å². The Morgan fingerprint density at radius 2 is 1.83 bits per heavy atom. The number of carbonyl (C=O) groups is 3. The fraction of sp³-hybridized carbons (Fsp3) is 0.138. The zero-order chi connectivity index (χ0) is 28.7. The van der Waals surface area contributed by atoms with Gasteiger partial charge in [0.25, 0.3) is 11.8 Å². The predicted molar refractivity (Wildman–Crippen MR) is 145 cm³/mol. The van der Waals surface area contributed by atoms with Crippen LogP contribution >= 0.6 is 0 Å². The molecule has 0 saturated carbocycles. The van der Waals surface area contributed by atoms with E-state index in [0.29, 0.717) is 30.7 Å². The Bertz CT molecular complexity index is 1750. The molecule has 1 atom stereocenters. The van der Waals surface area contributed by atoms with Crippen LogP contribution in [0.1, 0.15) is 38.3 Å². The molecular weight excluding hydrogens is 534 g/mol. The van der Waals surface area contributed by atoms with Gasteiger partial charge in [0.2, 0.25) is 18.0 Å². The third-order valence-electron chi connectivity index (χ3n) is 6.73. The first-order valence-corrected chi connectivity index (χ1v) is 12.7. The normalized spacial score (nSPS) is 15.9. The number of anilines is 1. The van der Waals surface area contributed by atoms with Crippen LogP contribution in [0.2, 0.25) is 0 Å². The molecule has 10 nitrogen and oxygen atoms in total. The minimum absolute atomic E-state index is 0.0523. The first-order valence-electron chi connectivity index (χ1n) is 12.7. The summed E-state index contributed by atoms with van der Waals surface area (Å²) < 4.78 is 37.2. The number of carbonyl (C=O) groups excluding carboxylic acids is 3. The molecular formula is C29H22F2N6O4. The van der Waals surface area contributed by atoms with Crippen LogP contribution in [0.5, 0.6) is 5.88 Å². The first kappa shape index (κ1) is 25.9. The van der Waals surface area contributed by atoms with E-state index in [2.05, 4.69) is 20.7 Å². The Morgan fingerprint density at radius 3 is 2.59 bits per heavy atom. The summed E-state index contributed by atoms with van der Waals surface area (Å²) in [7, 11) is 0. The average molecular weight is 557 g/mol. The highest BCUT2D eigenvalue weighted by atomic mass is 19.1. The van der Waals surface area contributed by atoms with Gasteiger partial charge in [0.1, 0.15) is 22.9 Å². The van der Waals surface area contributed by atoms with E-state index in [-0.39, 0.29) is 39.7 Å². The summed E-state index contributed by atoms with van der Waals surface area (Å²) in [5.74, 6) is -3.81. The van der Waals surface area contributed by atoms with E-state index in [9.17, 15) is 18.8 Å². The SMILES string of the molecule is NC(=O)c1ccc(-c2nn3c(c2C(=O)N[C@H]2N=C(c4ccccc4)c4cccc(F)c4NC2=O)OCCC3)c(F)c1. The van der Waals surface area contributed by atoms with Crippen LogP contribution in [0.4, 0.5) is 14.5 Å². The van der Waals surface area contributed by atoms with Crippen LogP contribution in [0.25, 0.3) is 11.3 Å². The molecule has 6 rings (SSSR count). The third kappa shape index (κ3) is 4.69. The van der Waals surface area contributed by atoms with Gasteiger partial charge in [-0.25, -0.2) is 18.5 Å². The molecule has 206 valence electrons. The highest BCUT2D eigenvalue weighted by Crippen LogP contribution is 2.35. The summed E-state index contributed by atoms with van der Waals surface area (Å²) in [5.41, 5.74) is 6.12. The lowest BCUT2D eigenvalue weighted by Gasteiger charge is -2.17. The molecule has 0 spiro atoms. The number of fused-ring (bicyclic) bond motifs is 2. The summed E-state index contributed by atoms with van der Waals surface area (Å²) in [6.07, 6.45) is -0.878. The number of ether oxygens (including phenoxy) is 1. The Kier molecular flexibility index (Phi) is 6.50. The number of benzodiazepines with no additional fused rings is 1. The maximum atomic E-state index is 15.2. The number of para-hydroxylation sites is 1. The van der Waals surface area contributed by atoms with Crippen LogP contribution in [0.15, 0.2) is 71.7 Å².